The molecular weight excluding hydrogens is 236 g/mol. The topological polar surface area (TPSA) is 95.5 Å². The van der Waals surface area contributed by atoms with Gasteiger partial charge >= 0.3 is 5.97 Å². The molecule has 0 saturated heterocycles. The molecular formula is C12H14N2O4. The third kappa shape index (κ3) is 4.25. The van der Waals surface area contributed by atoms with Gasteiger partial charge in [-0.2, -0.15) is 0 Å². The molecule has 3 N–H and O–H groups in total. The Bertz CT molecular complexity index is 445. The van der Waals surface area contributed by atoms with Gasteiger partial charge in [-0.1, -0.05) is 18.2 Å². The van der Waals surface area contributed by atoms with Crippen molar-refractivity contribution in [3.63, 3.8) is 0 Å². The van der Waals surface area contributed by atoms with Crippen LogP contribution in [0.25, 0.3) is 0 Å². The SMILES string of the molecule is C[C@@H](NC(=O)CNC(=O)c1ccccc1)C(=O)O. The van der Waals surface area contributed by atoms with Crippen LogP contribution in [-0.4, -0.2) is 35.5 Å². The fourth-order valence-corrected chi connectivity index (χ4v) is 1.21. The van der Waals surface area contributed by atoms with E-state index in [0.29, 0.717) is 5.56 Å². The zero-order chi connectivity index (χ0) is 13.5. The van der Waals surface area contributed by atoms with Crippen LogP contribution >= 0.6 is 0 Å². The van der Waals surface area contributed by atoms with Crippen molar-refractivity contribution < 1.29 is 19.5 Å². The zero-order valence-corrected chi connectivity index (χ0v) is 9.84. The Kier molecular flexibility index (Phi) is 4.86. The summed E-state index contributed by atoms with van der Waals surface area (Å²) in [6.45, 7) is 1.09. The Balaban J connectivity index is 2.40. The van der Waals surface area contributed by atoms with Crippen molar-refractivity contribution >= 4 is 17.8 Å². The summed E-state index contributed by atoms with van der Waals surface area (Å²) in [5.41, 5.74) is 0.441. The van der Waals surface area contributed by atoms with Crippen molar-refractivity contribution in [1.82, 2.24) is 10.6 Å². The monoisotopic (exact) mass is 250 g/mol. The van der Waals surface area contributed by atoms with Crippen molar-refractivity contribution in [2.75, 3.05) is 6.54 Å². The Morgan fingerprint density at radius 1 is 1.22 bits per heavy atom. The van der Waals surface area contributed by atoms with Gasteiger partial charge in [-0.25, -0.2) is 0 Å². The molecule has 1 aromatic rings. The highest BCUT2D eigenvalue weighted by atomic mass is 16.4. The molecule has 0 saturated carbocycles. The van der Waals surface area contributed by atoms with E-state index in [-0.39, 0.29) is 12.5 Å². The number of aliphatic carboxylic acids is 1. The normalized spacial score (nSPS) is 11.4. The number of rotatable bonds is 5. The van der Waals surface area contributed by atoms with Gasteiger partial charge in [-0.15, -0.1) is 0 Å². The fourth-order valence-electron chi connectivity index (χ4n) is 1.21. The number of benzene rings is 1. The molecule has 1 atom stereocenters. The van der Waals surface area contributed by atoms with Gasteiger partial charge in [0.25, 0.3) is 5.91 Å². The van der Waals surface area contributed by atoms with Gasteiger partial charge in [0, 0.05) is 5.56 Å². The lowest BCUT2D eigenvalue weighted by Crippen LogP contribution is -2.43. The largest absolute Gasteiger partial charge is 0.480 e. The standard InChI is InChI=1S/C12H14N2O4/c1-8(12(17)18)14-10(15)7-13-11(16)9-5-3-2-4-6-9/h2-6,8H,7H2,1H3,(H,13,16)(H,14,15)(H,17,18)/t8-/m1/s1. The minimum absolute atomic E-state index is 0.259. The van der Waals surface area contributed by atoms with Gasteiger partial charge in [0.2, 0.25) is 5.91 Å². The van der Waals surface area contributed by atoms with Crippen molar-refractivity contribution in [2.24, 2.45) is 0 Å². The number of hydrogen-bond donors (Lipinski definition) is 3. The Morgan fingerprint density at radius 3 is 2.39 bits per heavy atom. The summed E-state index contributed by atoms with van der Waals surface area (Å²) in [6.07, 6.45) is 0. The molecule has 0 spiro atoms. The van der Waals surface area contributed by atoms with E-state index in [4.69, 9.17) is 5.11 Å². The maximum Gasteiger partial charge on any atom is 0.325 e. The molecule has 0 aliphatic heterocycles. The summed E-state index contributed by atoms with van der Waals surface area (Å²) >= 11 is 0. The fraction of sp³-hybridized carbons (Fsp3) is 0.250. The maximum atomic E-state index is 11.6. The third-order valence-electron chi connectivity index (χ3n) is 2.19. The molecule has 0 aromatic heterocycles. The van der Waals surface area contributed by atoms with Gasteiger partial charge < -0.3 is 15.7 Å². The smallest absolute Gasteiger partial charge is 0.325 e. The number of nitrogens with one attached hydrogen (secondary N) is 2. The number of carboxylic acid groups (broad SMARTS) is 1. The first kappa shape index (κ1) is 13.7. The minimum atomic E-state index is -1.13. The Labute approximate surface area is 104 Å². The summed E-state index contributed by atoms with van der Waals surface area (Å²) in [4.78, 5) is 33.4. The number of carboxylic acids is 1. The lowest BCUT2D eigenvalue weighted by Gasteiger charge is -2.09. The molecule has 0 heterocycles. The van der Waals surface area contributed by atoms with Crippen LogP contribution in [0, 0.1) is 0 Å². The molecule has 6 heteroatoms. The maximum absolute atomic E-state index is 11.6. The van der Waals surface area contributed by atoms with Crippen molar-refractivity contribution in [3.8, 4) is 0 Å². The molecule has 0 unspecified atom stereocenters. The van der Waals surface area contributed by atoms with Crippen LogP contribution in [0.4, 0.5) is 0 Å². The van der Waals surface area contributed by atoms with E-state index in [1.807, 2.05) is 0 Å². The Hall–Kier alpha value is -2.37. The summed E-state index contributed by atoms with van der Waals surface area (Å²) in [7, 11) is 0. The second-order valence-corrected chi connectivity index (χ2v) is 3.68. The number of carbonyl (C=O) groups excluding carboxylic acids is 2. The van der Waals surface area contributed by atoms with Crippen LogP contribution in [0.1, 0.15) is 17.3 Å². The summed E-state index contributed by atoms with van der Waals surface area (Å²) < 4.78 is 0. The molecule has 1 rings (SSSR count). The highest BCUT2D eigenvalue weighted by Crippen LogP contribution is 1.97. The molecule has 0 fully saturated rings. The predicted molar refractivity (Wildman–Crippen MR) is 64.0 cm³/mol. The van der Waals surface area contributed by atoms with Crippen LogP contribution in [-0.2, 0) is 9.59 Å². The lowest BCUT2D eigenvalue weighted by molar-refractivity contribution is -0.141. The molecule has 18 heavy (non-hydrogen) atoms. The highest BCUT2D eigenvalue weighted by Gasteiger charge is 2.14. The second-order valence-electron chi connectivity index (χ2n) is 3.68. The lowest BCUT2D eigenvalue weighted by atomic mass is 10.2. The summed E-state index contributed by atoms with van der Waals surface area (Å²) in [5, 5.41) is 13.2. The molecule has 0 aliphatic carbocycles. The quantitative estimate of drug-likeness (QED) is 0.685. The molecule has 6 nitrogen and oxygen atoms in total. The zero-order valence-electron chi connectivity index (χ0n) is 9.84. The first-order valence-electron chi connectivity index (χ1n) is 5.36. The van der Waals surface area contributed by atoms with Crippen LogP contribution in [0.5, 0.6) is 0 Å². The predicted octanol–water partition coefficient (Wildman–Crippen LogP) is 0.00570. The van der Waals surface area contributed by atoms with Crippen LogP contribution in [0.2, 0.25) is 0 Å². The summed E-state index contributed by atoms with van der Waals surface area (Å²) in [6, 6.07) is 7.45. The van der Waals surface area contributed by atoms with Crippen molar-refractivity contribution in [2.45, 2.75) is 13.0 Å². The van der Waals surface area contributed by atoms with Crippen LogP contribution < -0.4 is 10.6 Å². The average Bonchev–Trinajstić information content (AvgIpc) is 2.36. The number of carbonyl (C=O) groups is 3. The molecule has 0 radical (unpaired) electrons. The van der Waals surface area contributed by atoms with Gasteiger partial charge in [0.15, 0.2) is 0 Å². The van der Waals surface area contributed by atoms with Crippen molar-refractivity contribution in [1.29, 1.82) is 0 Å². The third-order valence-corrected chi connectivity index (χ3v) is 2.19. The van der Waals surface area contributed by atoms with E-state index >= 15 is 0 Å². The van der Waals surface area contributed by atoms with E-state index < -0.39 is 17.9 Å². The first-order valence-corrected chi connectivity index (χ1v) is 5.36. The van der Waals surface area contributed by atoms with Crippen LogP contribution in [0.3, 0.4) is 0 Å². The number of hydrogen-bond acceptors (Lipinski definition) is 3. The van der Waals surface area contributed by atoms with Gasteiger partial charge in [-0.3, -0.25) is 14.4 Å². The van der Waals surface area contributed by atoms with E-state index in [2.05, 4.69) is 10.6 Å². The van der Waals surface area contributed by atoms with Crippen LogP contribution in [0.15, 0.2) is 30.3 Å². The van der Waals surface area contributed by atoms with Gasteiger partial charge in [-0.05, 0) is 19.1 Å². The van der Waals surface area contributed by atoms with E-state index in [0.717, 1.165) is 0 Å². The minimum Gasteiger partial charge on any atom is -0.480 e. The van der Waals surface area contributed by atoms with E-state index in [9.17, 15) is 14.4 Å². The molecule has 96 valence electrons. The molecule has 1 aromatic carbocycles. The molecule has 2 amide bonds. The average molecular weight is 250 g/mol. The van der Waals surface area contributed by atoms with Crippen molar-refractivity contribution in [3.05, 3.63) is 35.9 Å². The molecule has 0 aliphatic rings. The first-order chi connectivity index (χ1) is 8.50. The van der Waals surface area contributed by atoms with Gasteiger partial charge in [0.1, 0.15) is 6.04 Å². The number of amides is 2. The van der Waals surface area contributed by atoms with E-state index in [1.165, 1.54) is 6.92 Å². The second kappa shape index (κ2) is 6.39. The van der Waals surface area contributed by atoms with E-state index in [1.54, 1.807) is 30.3 Å². The highest BCUT2D eigenvalue weighted by molar-refractivity contribution is 5.96. The Morgan fingerprint density at radius 2 is 1.83 bits per heavy atom. The van der Waals surface area contributed by atoms with Gasteiger partial charge in [0.05, 0.1) is 6.54 Å². The summed E-state index contributed by atoms with van der Waals surface area (Å²) in [5.74, 6) is -2.05. The molecule has 0 bridgehead atoms.